The molecule has 2 heterocycles. The second kappa shape index (κ2) is 9.07. The highest BCUT2D eigenvalue weighted by Crippen LogP contribution is 2.27. The number of hydrogen-bond donors (Lipinski definition) is 1. The third kappa shape index (κ3) is 4.92. The smallest absolute Gasteiger partial charge is 0.252 e. The molecule has 1 saturated heterocycles. The van der Waals surface area contributed by atoms with Crippen LogP contribution in [0.3, 0.4) is 0 Å². The van der Waals surface area contributed by atoms with Gasteiger partial charge in [0.25, 0.3) is 10.0 Å². The highest BCUT2D eigenvalue weighted by Gasteiger charge is 2.28. The quantitative estimate of drug-likeness (QED) is 0.664. The van der Waals surface area contributed by atoms with Crippen molar-refractivity contribution in [1.82, 2.24) is 9.62 Å². The van der Waals surface area contributed by atoms with Gasteiger partial charge in [-0.25, -0.2) is 8.42 Å². The number of nitrogens with one attached hydrogen (secondary N) is 1. The van der Waals surface area contributed by atoms with E-state index in [1.54, 1.807) is 12.1 Å². The number of sulfonamides is 1. The average Bonchev–Trinajstić information content (AvgIpc) is 3.33. The van der Waals surface area contributed by atoms with Crippen LogP contribution in [0.25, 0.3) is 0 Å². The van der Waals surface area contributed by atoms with Crippen LogP contribution in [0.1, 0.15) is 28.8 Å². The zero-order valence-electron chi connectivity index (χ0n) is 16.2. The molecule has 0 radical (unpaired) electrons. The Balaban J connectivity index is 1.47. The molecule has 0 bridgehead atoms. The standard InChI is InChI=1S/C20H26N2O4S2/c1-15-6-5-7-16(2)20(15)26-13-10-21-18(23)14-17-8-9-19(27-17)28(24,25)22-11-3-4-12-22/h5-9H,3-4,10-14H2,1-2H3,(H,21,23). The molecule has 0 atom stereocenters. The number of hydrogen-bond acceptors (Lipinski definition) is 5. The molecule has 152 valence electrons. The topological polar surface area (TPSA) is 75.7 Å². The maximum Gasteiger partial charge on any atom is 0.252 e. The Morgan fingerprint density at radius 3 is 2.50 bits per heavy atom. The molecule has 1 fully saturated rings. The van der Waals surface area contributed by atoms with Crippen molar-refractivity contribution in [1.29, 1.82) is 0 Å². The summed E-state index contributed by atoms with van der Waals surface area (Å²) in [5.74, 6) is 0.712. The second-order valence-corrected chi connectivity index (χ2v) is 10.3. The van der Waals surface area contributed by atoms with Gasteiger partial charge < -0.3 is 10.1 Å². The van der Waals surface area contributed by atoms with Gasteiger partial charge in [-0.05, 0) is 49.9 Å². The molecular weight excluding hydrogens is 396 g/mol. The van der Waals surface area contributed by atoms with Crippen LogP contribution in [-0.2, 0) is 21.2 Å². The summed E-state index contributed by atoms with van der Waals surface area (Å²) in [6.45, 7) is 5.93. The molecule has 1 N–H and O–H groups in total. The molecule has 1 aliphatic rings. The van der Waals surface area contributed by atoms with Gasteiger partial charge in [0, 0.05) is 18.0 Å². The molecule has 1 aromatic carbocycles. The van der Waals surface area contributed by atoms with Crippen molar-refractivity contribution in [2.24, 2.45) is 0 Å². The van der Waals surface area contributed by atoms with E-state index in [0.717, 1.165) is 34.6 Å². The SMILES string of the molecule is Cc1cccc(C)c1OCCNC(=O)Cc1ccc(S(=O)(=O)N2CCCC2)s1. The maximum absolute atomic E-state index is 12.6. The minimum Gasteiger partial charge on any atom is -0.491 e. The third-order valence-corrected chi connectivity index (χ3v) is 8.16. The van der Waals surface area contributed by atoms with Crippen LogP contribution in [-0.4, -0.2) is 44.9 Å². The summed E-state index contributed by atoms with van der Waals surface area (Å²) in [5.41, 5.74) is 2.13. The van der Waals surface area contributed by atoms with Gasteiger partial charge in [-0.15, -0.1) is 11.3 Å². The summed E-state index contributed by atoms with van der Waals surface area (Å²) < 4.78 is 32.7. The summed E-state index contributed by atoms with van der Waals surface area (Å²) in [4.78, 5) is 12.9. The zero-order valence-corrected chi connectivity index (χ0v) is 17.9. The molecule has 28 heavy (non-hydrogen) atoms. The Labute approximate surface area is 170 Å². The Morgan fingerprint density at radius 2 is 1.82 bits per heavy atom. The van der Waals surface area contributed by atoms with Crippen LogP contribution in [0.15, 0.2) is 34.5 Å². The first-order valence-electron chi connectivity index (χ1n) is 9.42. The number of ether oxygens (including phenoxy) is 1. The van der Waals surface area contributed by atoms with Gasteiger partial charge in [0.05, 0.1) is 13.0 Å². The molecule has 1 aromatic heterocycles. The van der Waals surface area contributed by atoms with E-state index in [1.165, 1.54) is 15.6 Å². The van der Waals surface area contributed by atoms with E-state index < -0.39 is 10.0 Å². The van der Waals surface area contributed by atoms with Gasteiger partial charge in [-0.3, -0.25) is 4.79 Å². The van der Waals surface area contributed by atoms with Crippen LogP contribution in [0.2, 0.25) is 0 Å². The summed E-state index contributed by atoms with van der Waals surface area (Å²) >= 11 is 1.17. The molecule has 2 aromatic rings. The van der Waals surface area contributed by atoms with E-state index in [9.17, 15) is 13.2 Å². The molecule has 0 unspecified atom stereocenters. The van der Waals surface area contributed by atoms with Crippen molar-refractivity contribution in [3.8, 4) is 5.75 Å². The number of rotatable bonds is 8. The summed E-state index contributed by atoms with van der Waals surface area (Å²) in [7, 11) is -3.41. The molecule has 0 saturated carbocycles. The average molecular weight is 423 g/mol. The normalized spacial score (nSPS) is 14.9. The van der Waals surface area contributed by atoms with Gasteiger partial charge in [-0.1, -0.05) is 18.2 Å². The Morgan fingerprint density at radius 1 is 1.14 bits per heavy atom. The molecule has 1 amide bonds. The maximum atomic E-state index is 12.6. The third-order valence-electron chi connectivity index (χ3n) is 4.71. The minimum absolute atomic E-state index is 0.142. The number of carbonyl (C=O) groups excluding carboxylic acids is 1. The van der Waals surface area contributed by atoms with Crippen LogP contribution >= 0.6 is 11.3 Å². The Bertz CT molecular complexity index is 911. The number of amides is 1. The lowest BCUT2D eigenvalue weighted by molar-refractivity contribution is -0.120. The molecule has 1 aliphatic heterocycles. The van der Waals surface area contributed by atoms with Gasteiger partial charge in [0.15, 0.2) is 0 Å². The van der Waals surface area contributed by atoms with Crippen molar-refractivity contribution in [3.63, 3.8) is 0 Å². The van der Waals surface area contributed by atoms with Crippen molar-refractivity contribution in [3.05, 3.63) is 46.3 Å². The number of benzene rings is 1. The van der Waals surface area contributed by atoms with Crippen LogP contribution in [0.4, 0.5) is 0 Å². The van der Waals surface area contributed by atoms with Crippen LogP contribution in [0, 0.1) is 13.8 Å². The monoisotopic (exact) mass is 422 g/mol. The van der Waals surface area contributed by atoms with Crippen LogP contribution < -0.4 is 10.1 Å². The number of para-hydroxylation sites is 1. The summed E-state index contributed by atoms with van der Waals surface area (Å²) in [5, 5.41) is 2.83. The highest BCUT2D eigenvalue weighted by molar-refractivity contribution is 7.91. The lowest BCUT2D eigenvalue weighted by atomic mass is 10.1. The van der Waals surface area contributed by atoms with E-state index >= 15 is 0 Å². The van der Waals surface area contributed by atoms with Crippen LogP contribution in [0.5, 0.6) is 5.75 Å². The van der Waals surface area contributed by atoms with Crippen molar-refractivity contribution >= 4 is 27.3 Å². The first-order chi connectivity index (χ1) is 13.4. The molecule has 0 spiro atoms. The highest BCUT2D eigenvalue weighted by atomic mass is 32.2. The minimum atomic E-state index is -3.41. The largest absolute Gasteiger partial charge is 0.491 e. The first-order valence-corrected chi connectivity index (χ1v) is 11.7. The predicted octanol–water partition coefficient (Wildman–Crippen LogP) is 2.89. The van der Waals surface area contributed by atoms with Gasteiger partial charge in [0.2, 0.25) is 5.91 Å². The summed E-state index contributed by atoms with van der Waals surface area (Å²) in [6.07, 6.45) is 1.98. The number of nitrogens with zero attached hydrogens (tertiary/aromatic N) is 1. The number of carbonyl (C=O) groups is 1. The molecule has 8 heteroatoms. The van der Waals surface area contributed by atoms with E-state index in [1.807, 2.05) is 32.0 Å². The molecule has 3 rings (SSSR count). The summed E-state index contributed by atoms with van der Waals surface area (Å²) in [6, 6.07) is 9.29. The van der Waals surface area contributed by atoms with Crippen molar-refractivity contribution in [2.45, 2.75) is 37.3 Å². The van der Waals surface area contributed by atoms with E-state index in [0.29, 0.717) is 30.5 Å². The number of thiophene rings is 1. The van der Waals surface area contributed by atoms with Gasteiger partial charge in [0.1, 0.15) is 16.6 Å². The fourth-order valence-electron chi connectivity index (χ4n) is 3.24. The van der Waals surface area contributed by atoms with Gasteiger partial charge >= 0.3 is 0 Å². The predicted molar refractivity (Wildman–Crippen MR) is 110 cm³/mol. The molecule has 6 nitrogen and oxygen atoms in total. The zero-order chi connectivity index (χ0) is 20.1. The first kappa shape index (κ1) is 20.8. The second-order valence-electron chi connectivity index (χ2n) is 6.93. The lowest BCUT2D eigenvalue weighted by Crippen LogP contribution is -2.29. The molecule has 0 aliphatic carbocycles. The Hall–Kier alpha value is -1.90. The fourth-order valence-corrected chi connectivity index (χ4v) is 6.26. The molecular formula is C20H26N2O4S2. The van der Waals surface area contributed by atoms with E-state index in [4.69, 9.17) is 4.74 Å². The van der Waals surface area contributed by atoms with E-state index in [-0.39, 0.29) is 12.3 Å². The van der Waals surface area contributed by atoms with E-state index in [2.05, 4.69) is 5.32 Å². The van der Waals surface area contributed by atoms with Gasteiger partial charge in [-0.2, -0.15) is 4.31 Å². The van der Waals surface area contributed by atoms with Crippen molar-refractivity contribution in [2.75, 3.05) is 26.2 Å². The lowest BCUT2D eigenvalue weighted by Gasteiger charge is -2.13. The van der Waals surface area contributed by atoms with Crippen molar-refractivity contribution < 1.29 is 17.9 Å². The number of aryl methyl sites for hydroxylation is 2. The fraction of sp³-hybridized carbons (Fsp3) is 0.450. The Kier molecular flexibility index (Phi) is 6.74.